The van der Waals surface area contributed by atoms with Crippen molar-refractivity contribution in [2.75, 3.05) is 0 Å². The minimum Gasteiger partial charge on any atom is -0.102 e. The molecule has 1 aromatic rings. The van der Waals surface area contributed by atoms with Gasteiger partial charge in [0, 0.05) is 5.41 Å². The van der Waals surface area contributed by atoms with Crippen molar-refractivity contribution in [1.29, 1.82) is 0 Å². The first-order valence-corrected chi connectivity index (χ1v) is 4.68. The summed E-state index contributed by atoms with van der Waals surface area (Å²) in [6, 6.07) is 8.57. The molecule has 1 aliphatic carbocycles. The van der Waals surface area contributed by atoms with Gasteiger partial charge in [-0.3, -0.25) is 0 Å². The lowest BCUT2D eigenvalue weighted by Gasteiger charge is -2.21. The third-order valence-electron chi connectivity index (χ3n) is 3.06. The van der Waals surface area contributed by atoms with Gasteiger partial charge in [-0.15, -0.1) is 13.2 Å². The summed E-state index contributed by atoms with van der Waals surface area (Å²) >= 11 is 0. The first-order valence-electron chi connectivity index (χ1n) is 4.68. The van der Waals surface area contributed by atoms with E-state index < -0.39 is 0 Å². The summed E-state index contributed by atoms with van der Waals surface area (Å²) in [6.07, 6.45) is 6.31. The normalized spacial score (nSPS) is 17.8. The van der Waals surface area contributed by atoms with Gasteiger partial charge in [0.2, 0.25) is 0 Å². The van der Waals surface area contributed by atoms with Gasteiger partial charge >= 0.3 is 0 Å². The Balaban J connectivity index is 2.59. The van der Waals surface area contributed by atoms with Gasteiger partial charge in [-0.05, 0) is 24.0 Å². The molecule has 0 aromatic heterocycles. The molecule has 66 valence electrons. The maximum Gasteiger partial charge on any atom is 0.0312 e. The molecule has 0 spiro atoms. The van der Waals surface area contributed by atoms with Crippen molar-refractivity contribution in [3.63, 3.8) is 0 Å². The molecule has 0 saturated heterocycles. The lowest BCUT2D eigenvalue weighted by atomic mass is 9.82. The zero-order valence-corrected chi connectivity index (χ0v) is 7.79. The molecule has 0 nitrogen and oxygen atoms in total. The van der Waals surface area contributed by atoms with E-state index in [1.54, 1.807) is 0 Å². The molecule has 0 saturated carbocycles. The quantitative estimate of drug-likeness (QED) is 0.598. The van der Waals surface area contributed by atoms with Gasteiger partial charge in [0.25, 0.3) is 0 Å². The average molecular weight is 170 g/mol. The van der Waals surface area contributed by atoms with Gasteiger partial charge in [-0.1, -0.05) is 36.4 Å². The molecular formula is C13H14. The van der Waals surface area contributed by atoms with Crippen LogP contribution < -0.4 is 0 Å². The second kappa shape index (κ2) is 2.88. The Labute approximate surface area is 79.6 Å². The van der Waals surface area contributed by atoms with E-state index in [1.165, 1.54) is 11.1 Å². The maximum atomic E-state index is 3.91. The summed E-state index contributed by atoms with van der Waals surface area (Å²) in [6.45, 7) is 7.83. The fourth-order valence-corrected chi connectivity index (χ4v) is 2.18. The Kier molecular flexibility index (Phi) is 1.84. The lowest BCUT2D eigenvalue weighted by molar-refractivity contribution is 0.662. The van der Waals surface area contributed by atoms with Crippen molar-refractivity contribution >= 4 is 0 Å². The molecule has 0 heteroatoms. The summed E-state index contributed by atoms with van der Waals surface area (Å²) in [5, 5.41) is 0. The van der Waals surface area contributed by atoms with E-state index in [-0.39, 0.29) is 5.41 Å². The zero-order valence-electron chi connectivity index (χ0n) is 7.79. The highest BCUT2D eigenvalue weighted by atomic mass is 14.4. The molecule has 0 radical (unpaired) electrons. The van der Waals surface area contributed by atoms with Crippen LogP contribution in [0.25, 0.3) is 0 Å². The average Bonchev–Trinajstić information content (AvgIpc) is 2.58. The van der Waals surface area contributed by atoms with Gasteiger partial charge in [-0.2, -0.15) is 0 Å². The van der Waals surface area contributed by atoms with E-state index in [0.29, 0.717) is 0 Å². The Morgan fingerprint density at radius 1 is 1.15 bits per heavy atom. The molecule has 0 atom stereocenters. The van der Waals surface area contributed by atoms with Crippen LogP contribution in [-0.2, 0) is 11.8 Å². The first-order chi connectivity index (χ1) is 6.32. The largest absolute Gasteiger partial charge is 0.102 e. The Morgan fingerprint density at radius 3 is 2.54 bits per heavy atom. The van der Waals surface area contributed by atoms with Crippen LogP contribution in [0.3, 0.4) is 0 Å². The molecule has 1 aliphatic rings. The van der Waals surface area contributed by atoms with Crippen LogP contribution in [0.15, 0.2) is 49.6 Å². The van der Waals surface area contributed by atoms with Crippen molar-refractivity contribution in [3.8, 4) is 0 Å². The summed E-state index contributed by atoms with van der Waals surface area (Å²) in [4.78, 5) is 0. The predicted molar refractivity (Wildman–Crippen MR) is 56.8 cm³/mol. The number of allylic oxidation sites excluding steroid dienone is 2. The molecule has 0 unspecified atom stereocenters. The second-order valence-corrected chi connectivity index (χ2v) is 3.61. The number of hydrogen-bond donors (Lipinski definition) is 0. The molecule has 13 heavy (non-hydrogen) atoms. The van der Waals surface area contributed by atoms with Gasteiger partial charge in [0.05, 0.1) is 0 Å². The van der Waals surface area contributed by atoms with Crippen LogP contribution in [-0.4, -0.2) is 0 Å². The molecule has 2 rings (SSSR count). The van der Waals surface area contributed by atoms with E-state index in [9.17, 15) is 0 Å². The highest BCUT2D eigenvalue weighted by Crippen LogP contribution is 2.40. The summed E-state index contributed by atoms with van der Waals surface area (Å²) in [5.74, 6) is 0. The third-order valence-corrected chi connectivity index (χ3v) is 3.06. The van der Waals surface area contributed by atoms with E-state index >= 15 is 0 Å². The molecule has 1 aromatic carbocycles. The molecular weight excluding hydrogens is 156 g/mol. The van der Waals surface area contributed by atoms with Crippen molar-refractivity contribution in [3.05, 3.63) is 60.7 Å². The van der Waals surface area contributed by atoms with Gasteiger partial charge in [-0.25, -0.2) is 0 Å². The van der Waals surface area contributed by atoms with Crippen molar-refractivity contribution in [2.24, 2.45) is 0 Å². The fourth-order valence-electron chi connectivity index (χ4n) is 2.18. The molecule has 0 amide bonds. The monoisotopic (exact) mass is 170 g/mol. The fraction of sp³-hybridized carbons (Fsp3) is 0.231. The van der Waals surface area contributed by atoms with Crippen molar-refractivity contribution < 1.29 is 0 Å². The van der Waals surface area contributed by atoms with Gasteiger partial charge in [0.1, 0.15) is 0 Å². The molecule has 0 heterocycles. The molecule has 0 aliphatic heterocycles. The third kappa shape index (κ3) is 1.06. The van der Waals surface area contributed by atoms with Crippen LogP contribution in [0.2, 0.25) is 0 Å². The number of rotatable bonds is 2. The zero-order chi connectivity index (χ0) is 9.31. The number of benzene rings is 1. The SMILES string of the molecule is C=CC1(C=C)CCc2ccccc21. The van der Waals surface area contributed by atoms with E-state index in [1.807, 2.05) is 12.2 Å². The highest BCUT2D eigenvalue weighted by molar-refractivity contribution is 5.46. The van der Waals surface area contributed by atoms with Crippen LogP contribution in [0, 0.1) is 0 Å². The maximum absolute atomic E-state index is 3.91. The van der Waals surface area contributed by atoms with Crippen LogP contribution in [0.4, 0.5) is 0 Å². The summed E-state index contributed by atoms with van der Waals surface area (Å²) in [5.41, 5.74) is 2.87. The Bertz CT molecular complexity index is 339. The van der Waals surface area contributed by atoms with E-state index in [2.05, 4.69) is 37.4 Å². The minimum atomic E-state index is 0.0383. The Morgan fingerprint density at radius 2 is 1.85 bits per heavy atom. The van der Waals surface area contributed by atoms with Gasteiger partial charge in [0.15, 0.2) is 0 Å². The van der Waals surface area contributed by atoms with Gasteiger partial charge < -0.3 is 0 Å². The molecule has 0 N–H and O–H groups in total. The highest BCUT2D eigenvalue weighted by Gasteiger charge is 2.32. The summed E-state index contributed by atoms with van der Waals surface area (Å²) < 4.78 is 0. The number of hydrogen-bond acceptors (Lipinski definition) is 0. The van der Waals surface area contributed by atoms with E-state index in [4.69, 9.17) is 0 Å². The van der Waals surface area contributed by atoms with Crippen LogP contribution >= 0.6 is 0 Å². The van der Waals surface area contributed by atoms with Crippen LogP contribution in [0.1, 0.15) is 17.5 Å². The smallest absolute Gasteiger partial charge is 0.0312 e. The Hall–Kier alpha value is -1.30. The first kappa shape index (κ1) is 8.31. The van der Waals surface area contributed by atoms with Crippen LogP contribution in [0.5, 0.6) is 0 Å². The standard InChI is InChI=1S/C13H14/c1-3-13(4-2)10-9-11-7-5-6-8-12(11)13/h3-8H,1-2,9-10H2. The van der Waals surface area contributed by atoms with E-state index in [0.717, 1.165) is 12.8 Å². The minimum absolute atomic E-state index is 0.0383. The second-order valence-electron chi connectivity index (χ2n) is 3.61. The van der Waals surface area contributed by atoms with Crippen molar-refractivity contribution in [1.82, 2.24) is 0 Å². The molecule has 0 bridgehead atoms. The lowest BCUT2D eigenvalue weighted by Crippen LogP contribution is -2.15. The topological polar surface area (TPSA) is 0 Å². The van der Waals surface area contributed by atoms with Crippen molar-refractivity contribution in [2.45, 2.75) is 18.3 Å². The number of fused-ring (bicyclic) bond motifs is 1. The summed E-state index contributed by atoms with van der Waals surface area (Å²) in [7, 11) is 0. The predicted octanol–water partition coefficient (Wildman–Crippen LogP) is 3.24. The molecule has 0 fully saturated rings. The number of aryl methyl sites for hydroxylation is 1.